The Morgan fingerprint density at radius 3 is 2.37 bits per heavy atom. The summed E-state index contributed by atoms with van der Waals surface area (Å²) in [4.78, 5) is 26.6. The molecule has 0 unspecified atom stereocenters. The van der Waals surface area contributed by atoms with E-state index in [-0.39, 0.29) is 18.4 Å². The van der Waals surface area contributed by atoms with Crippen LogP contribution in [0.15, 0.2) is 42.5 Å². The molecule has 0 spiro atoms. The first kappa shape index (κ1) is 19.0. The molecule has 3 rings (SSSR count). The molecule has 1 saturated heterocycles. The van der Waals surface area contributed by atoms with Crippen molar-refractivity contribution in [3.63, 3.8) is 0 Å². The summed E-state index contributed by atoms with van der Waals surface area (Å²) in [6, 6.07) is 13.3. The Hall–Kier alpha value is -2.82. The van der Waals surface area contributed by atoms with Crippen molar-refractivity contribution in [1.82, 2.24) is 4.90 Å². The molecule has 5 heteroatoms. The van der Waals surface area contributed by atoms with Crippen molar-refractivity contribution in [3.05, 3.63) is 59.2 Å². The highest BCUT2D eigenvalue weighted by atomic mass is 16.2. The molecule has 142 valence electrons. The smallest absolute Gasteiger partial charge is 0.253 e. The number of carbonyl (C=O) groups is 2. The number of rotatable bonds is 5. The highest BCUT2D eigenvalue weighted by Gasteiger charge is 2.17. The molecule has 1 heterocycles. The van der Waals surface area contributed by atoms with Crippen molar-refractivity contribution in [2.24, 2.45) is 0 Å². The zero-order valence-electron chi connectivity index (χ0n) is 16.0. The molecule has 5 nitrogen and oxygen atoms in total. The second kappa shape index (κ2) is 8.71. The summed E-state index contributed by atoms with van der Waals surface area (Å²) in [5, 5.41) is 6.04. The van der Waals surface area contributed by atoms with Gasteiger partial charge in [-0.1, -0.05) is 12.1 Å². The molecule has 1 aliphatic heterocycles. The minimum absolute atomic E-state index is 0.0916. The van der Waals surface area contributed by atoms with Crippen LogP contribution in [0.5, 0.6) is 0 Å². The van der Waals surface area contributed by atoms with Crippen LogP contribution < -0.4 is 10.6 Å². The monoisotopic (exact) mass is 365 g/mol. The van der Waals surface area contributed by atoms with Gasteiger partial charge in [0.2, 0.25) is 5.91 Å². The van der Waals surface area contributed by atoms with Crippen LogP contribution in [-0.2, 0) is 4.79 Å². The number of nitrogens with one attached hydrogen (secondary N) is 2. The van der Waals surface area contributed by atoms with Crippen molar-refractivity contribution < 1.29 is 9.59 Å². The van der Waals surface area contributed by atoms with E-state index in [0.717, 1.165) is 48.4 Å². The quantitative estimate of drug-likeness (QED) is 0.842. The fourth-order valence-electron chi connectivity index (χ4n) is 3.26. The second-order valence-electron chi connectivity index (χ2n) is 7.15. The van der Waals surface area contributed by atoms with Crippen LogP contribution in [-0.4, -0.2) is 36.3 Å². The molecule has 0 atom stereocenters. The van der Waals surface area contributed by atoms with E-state index in [2.05, 4.69) is 10.6 Å². The number of piperidine rings is 1. The summed E-state index contributed by atoms with van der Waals surface area (Å²) in [5.41, 5.74) is 4.50. The molecular weight excluding hydrogens is 338 g/mol. The average molecular weight is 365 g/mol. The van der Waals surface area contributed by atoms with E-state index in [9.17, 15) is 9.59 Å². The van der Waals surface area contributed by atoms with Crippen molar-refractivity contribution in [3.8, 4) is 0 Å². The molecule has 0 bridgehead atoms. The Kier molecular flexibility index (Phi) is 6.12. The lowest BCUT2D eigenvalue weighted by molar-refractivity contribution is -0.114. The third-order valence-electron chi connectivity index (χ3n) is 4.90. The molecule has 2 amide bonds. The summed E-state index contributed by atoms with van der Waals surface area (Å²) in [6.07, 6.45) is 3.37. The Bertz CT molecular complexity index is 809. The van der Waals surface area contributed by atoms with Gasteiger partial charge in [0.25, 0.3) is 5.91 Å². The van der Waals surface area contributed by atoms with E-state index < -0.39 is 0 Å². The molecule has 0 aromatic heterocycles. The number of aryl methyl sites for hydroxylation is 2. The minimum Gasteiger partial charge on any atom is -0.376 e. The Morgan fingerprint density at radius 2 is 1.67 bits per heavy atom. The van der Waals surface area contributed by atoms with E-state index in [0.29, 0.717) is 5.56 Å². The first-order chi connectivity index (χ1) is 13.0. The topological polar surface area (TPSA) is 61.4 Å². The largest absolute Gasteiger partial charge is 0.376 e. The lowest BCUT2D eigenvalue weighted by Crippen LogP contribution is -2.35. The lowest BCUT2D eigenvalue weighted by atomic mass is 10.1. The molecule has 0 aliphatic carbocycles. The zero-order valence-corrected chi connectivity index (χ0v) is 16.0. The van der Waals surface area contributed by atoms with Crippen molar-refractivity contribution in [2.45, 2.75) is 33.1 Å². The van der Waals surface area contributed by atoms with Crippen LogP contribution in [0.3, 0.4) is 0 Å². The predicted octanol–water partition coefficient (Wildman–Crippen LogP) is 3.98. The zero-order chi connectivity index (χ0) is 19.2. The van der Waals surface area contributed by atoms with Gasteiger partial charge in [0.15, 0.2) is 0 Å². The van der Waals surface area contributed by atoms with Gasteiger partial charge < -0.3 is 15.5 Å². The Morgan fingerprint density at radius 1 is 0.963 bits per heavy atom. The minimum atomic E-state index is -0.0998. The molecule has 27 heavy (non-hydrogen) atoms. The average Bonchev–Trinajstić information content (AvgIpc) is 2.70. The van der Waals surface area contributed by atoms with Gasteiger partial charge >= 0.3 is 0 Å². The van der Waals surface area contributed by atoms with Gasteiger partial charge in [-0.25, -0.2) is 0 Å². The van der Waals surface area contributed by atoms with Gasteiger partial charge in [-0.05, 0) is 74.6 Å². The van der Waals surface area contributed by atoms with E-state index in [1.165, 1.54) is 6.42 Å². The van der Waals surface area contributed by atoms with Crippen LogP contribution in [0.1, 0.15) is 40.7 Å². The molecule has 2 N–H and O–H groups in total. The molecule has 0 saturated carbocycles. The van der Waals surface area contributed by atoms with E-state index in [1.54, 1.807) is 0 Å². The summed E-state index contributed by atoms with van der Waals surface area (Å²) < 4.78 is 0. The molecular formula is C22H27N3O2. The summed E-state index contributed by atoms with van der Waals surface area (Å²) >= 11 is 0. The highest BCUT2D eigenvalue weighted by molar-refractivity contribution is 5.95. The number of likely N-dealkylation sites (tertiary alicyclic amines) is 1. The lowest BCUT2D eigenvalue weighted by Gasteiger charge is -2.26. The maximum absolute atomic E-state index is 12.5. The summed E-state index contributed by atoms with van der Waals surface area (Å²) in [7, 11) is 0. The standard InChI is InChI=1S/C22H27N3O2/c1-16-6-7-17(2)20(14-16)24-21(26)15-23-19-10-8-18(9-11-19)22(27)25-12-4-3-5-13-25/h6-11,14,23H,3-5,12-13,15H2,1-2H3,(H,24,26). The molecule has 1 fully saturated rings. The maximum atomic E-state index is 12.5. The molecule has 2 aromatic rings. The van der Waals surface area contributed by atoms with Crippen molar-refractivity contribution in [1.29, 1.82) is 0 Å². The van der Waals surface area contributed by atoms with Crippen molar-refractivity contribution in [2.75, 3.05) is 30.3 Å². The van der Waals surface area contributed by atoms with Gasteiger partial charge in [-0.15, -0.1) is 0 Å². The van der Waals surface area contributed by atoms with Gasteiger partial charge in [-0.3, -0.25) is 9.59 Å². The van der Waals surface area contributed by atoms with E-state index in [4.69, 9.17) is 0 Å². The summed E-state index contributed by atoms with van der Waals surface area (Å²) in [6.45, 7) is 5.84. The number of anilines is 2. The first-order valence-electron chi connectivity index (χ1n) is 9.53. The number of hydrogen-bond acceptors (Lipinski definition) is 3. The van der Waals surface area contributed by atoms with Crippen LogP contribution in [0.25, 0.3) is 0 Å². The van der Waals surface area contributed by atoms with Gasteiger partial charge in [0.1, 0.15) is 0 Å². The van der Waals surface area contributed by atoms with Crippen LogP contribution >= 0.6 is 0 Å². The Balaban J connectivity index is 1.53. The fourth-order valence-corrected chi connectivity index (χ4v) is 3.26. The van der Waals surface area contributed by atoms with Gasteiger partial charge in [0.05, 0.1) is 6.54 Å². The number of carbonyl (C=O) groups excluding carboxylic acids is 2. The van der Waals surface area contributed by atoms with Gasteiger partial charge in [-0.2, -0.15) is 0 Å². The number of nitrogens with zero attached hydrogens (tertiary/aromatic N) is 1. The fraction of sp³-hybridized carbons (Fsp3) is 0.364. The van der Waals surface area contributed by atoms with Gasteiger partial charge in [0, 0.05) is 30.0 Å². The van der Waals surface area contributed by atoms with E-state index in [1.807, 2.05) is 61.2 Å². The number of hydrogen-bond donors (Lipinski definition) is 2. The number of amides is 2. The van der Waals surface area contributed by atoms with Crippen LogP contribution in [0, 0.1) is 13.8 Å². The third kappa shape index (κ3) is 5.09. The normalized spacial score (nSPS) is 13.9. The first-order valence-corrected chi connectivity index (χ1v) is 9.53. The molecule has 2 aromatic carbocycles. The number of benzene rings is 2. The van der Waals surface area contributed by atoms with Crippen LogP contribution in [0.2, 0.25) is 0 Å². The second-order valence-corrected chi connectivity index (χ2v) is 7.15. The highest BCUT2D eigenvalue weighted by Crippen LogP contribution is 2.17. The summed E-state index contributed by atoms with van der Waals surface area (Å²) in [5.74, 6) is -0.00825. The maximum Gasteiger partial charge on any atom is 0.253 e. The van der Waals surface area contributed by atoms with Crippen LogP contribution in [0.4, 0.5) is 11.4 Å². The Labute approximate surface area is 160 Å². The predicted molar refractivity (Wildman–Crippen MR) is 109 cm³/mol. The molecule has 0 radical (unpaired) electrons. The van der Waals surface area contributed by atoms with E-state index >= 15 is 0 Å². The SMILES string of the molecule is Cc1ccc(C)c(NC(=O)CNc2ccc(C(=O)N3CCCCC3)cc2)c1. The molecule has 1 aliphatic rings. The third-order valence-corrected chi connectivity index (χ3v) is 4.90. The van der Waals surface area contributed by atoms with Crippen molar-refractivity contribution >= 4 is 23.2 Å².